The molecule has 0 fully saturated rings. The Kier molecular flexibility index (Phi) is 6.88. The molecule has 2 aromatic carbocycles. The van der Waals surface area contributed by atoms with Crippen molar-refractivity contribution in [3.8, 4) is 0 Å². The molecule has 4 nitrogen and oxygen atoms in total. The van der Waals surface area contributed by atoms with Crippen LogP contribution >= 0.6 is 11.8 Å². The van der Waals surface area contributed by atoms with Crippen LogP contribution in [0.5, 0.6) is 0 Å². The van der Waals surface area contributed by atoms with Crippen molar-refractivity contribution < 1.29 is 14.3 Å². The van der Waals surface area contributed by atoms with Crippen LogP contribution in [0.1, 0.15) is 18.9 Å². The molecule has 0 aliphatic carbocycles. The van der Waals surface area contributed by atoms with E-state index in [4.69, 9.17) is 4.74 Å². The van der Waals surface area contributed by atoms with Crippen LogP contribution in [0, 0.1) is 6.92 Å². The molecule has 5 heteroatoms. The molecule has 0 aromatic heterocycles. The van der Waals surface area contributed by atoms with E-state index in [2.05, 4.69) is 5.32 Å². The number of anilines is 1. The molecule has 0 aliphatic heterocycles. The molecule has 1 N–H and O–H groups in total. The predicted molar refractivity (Wildman–Crippen MR) is 97.1 cm³/mol. The highest BCUT2D eigenvalue weighted by Gasteiger charge is 2.17. The summed E-state index contributed by atoms with van der Waals surface area (Å²) < 4.78 is 5.18. The summed E-state index contributed by atoms with van der Waals surface area (Å²) in [5.41, 5.74) is 1.80. The fourth-order valence-electron chi connectivity index (χ4n) is 1.96. The number of ether oxygens (including phenoxy) is 1. The normalized spacial score (nSPS) is 11.6. The number of hydrogen-bond acceptors (Lipinski definition) is 4. The van der Waals surface area contributed by atoms with Gasteiger partial charge in [-0.3, -0.25) is 9.59 Å². The molecule has 0 saturated carbocycles. The number of carbonyl (C=O) groups is 2. The van der Waals surface area contributed by atoms with Crippen LogP contribution in [-0.4, -0.2) is 23.7 Å². The lowest BCUT2D eigenvalue weighted by molar-refractivity contribution is -0.152. The first kappa shape index (κ1) is 18.1. The standard InChI is InChI=1S/C19H21NO3S/c1-14-8-10-16(11-9-14)20-19(22)15(2)23-18(21)12-13-24-17-6-4-3-5-7-17/h3-11,15H,12-13H2,1-2H3,(H,20,22)/t15-/m1/s1. The van der Waals surface area contributed by atoms with Crippen LogP contribution in [0.3, 0.4) is 0 Å². The number of carbonyl (C=O) groups excluding carboxylic acids is 2. The van der Waals surface area contributed by atoms with Gasteiger partial charge in [0.1, 0.15) is 0 Å². The summed E-state index contributed by atoms with van der Waals surface area (Å²) in [6.45, 7) is 3.55. The van der Waals surface area contributed by atoms with Gasteiger partial charge >= 0.3 is 5.97 Å². The molecule has 0 heterocycles. The lowest BCUT2D eigenvalue weighted by Crippen LogP contribution is -2.30. The predicted octanol–water partition coefficient (Wildman–Crippen LogP) is 4.05. The van der Waals surface area contributed by atoms with Crippen molar-refractivity contribution in [3.05, 3.63) is 60.2 Å². The summed E-state index contributed by atoms with van der Waals surface area (Å²) in [4.78, 5) is 25.0. The second kappa shape index (κ2) is 9.13. The lowest BCUT2D eigenvalue weighted by Gasteiger charge is -2.13. The Bertz CT molecular complexity index is 671. The highest BCUT2D eigenvalue weighted by atomic mass is 32.2. The Hall–Kier alpha value is -2.27. The molecule has 2 aromatic rings. The summed E-state index contributed by atoms with van der Waals surface area (Å²) in [7, 11) is 0. The maximum Gasteiger partial charge on any atom is 0.307 e. The first-order valence-electron chi connectivity index (χ1n) is 7.79. The third-order valence-electron chi connectivity index (χ3n) is 3.31. The van der Waals surface area contributed by atoms with E-state index < -0.39 is 6.10 Å². The van der Waals surface area contributed by atoms with Crippen molar-refractivity contribution in [2.24, 2.45) is 0 Å². The van der Waals surface area contributed by atoms with Crippen LogP contribution in [0.15, 0.2) is 59.5 Å². The average Bonchev–Trinajstić information content (AvgIpc) is 2.58. The van der Waals surface area contributed by atoms with Crippen LogP contribution < -0.4 is 5.32 Å². The van der Waals surface area contributed by atoms with Crippen molar-refractivity contribution in [1.29, 1.82) is 0 Å². The van der Waals surface area contributed by atoms with Gasteiger partial charge in [-0.1, -0.05) is 35.9 Å². The topological polar surface area (TPSA) is 55.4 Å². The number of hydrogen-bond donors (Lipinski definition) is 1. The van der Waals surface area contributed by atoms with Crippen molar-refractivity contribution in [2.75, 3.05) is 11.1 Å². The monoisotopic (exact) mass is 343 g/mol. The van der Waals surface area contributed by atoms with Gasteiger partial charge in [0.15, 0.2) is 6.10 Å². The van der Waals surface area contributed by atoms with E-state index in [1.807, 2.05) is 61.5 Å². The van der Waals surface area contributed by atoms with Crippen LogP contribution in [0.25, 0.3) is 0 Å². The fourth-order valence-corrected chi connectivity index (χ4v) is 2.81. The number of thioether (sulfide) groups is 1. The van der Waals surface area contributed by atoms with E-state index in [-0.39, 0.29) is 18.3 Å². The molecule has 24 heavy (non-hydrogen) atoms. The number of amides is 1. The number of esters is 1. The van der Waals surface area contributed by atoms with Gasteiger partial charge in [-0.2, -0.15) is 0 Å². The second-order valence-corrected chi connectivity index (χ2v) is 6.57. The van der Waals surface area contributed by atoms with Gasteiger partial charge in [-0.25, -0.2) is 0 Å². The second-order valence-electron chi connectivity index (χ2n) is 5.40. The zero-order chi connectivity index (χ0) is 17.4. The van der Waals surface area contributed by atoms with E-state index >= 15 is 0 Å². The quantitative estimate of drug-likeness (QED) is 0.609. The fraction of sp³-hybridized carbons (Fsp3) is 0.263. The highest BCUT2D eigenvalue weighted by Crippen LogP contribution is 2.18. The molecule has 1 atom stereocenters. The minimum absolute atomic E-state index is 0.266. The van der Waals surface area contributed by atoms with E-state index in [0.29, 0.717) is 11.4 Å². The molecule has 0 aliphatic rings. The third kappa shape index (κ3) is 6.08. The molecular weight excluding hydrogens is 322 g/mol. The molecule has 0 radical (unpaired) electrons. The molecule has 0 spiro atoms. The SMILES string of the molecule is Cc1ccc(NC(=O)[C@@H](C)OC(=O)CCSc2ccccc2)cc1. The van der Waals surface area contributed by atoms with Crippen LogP contribution in [0.4, 0.5) is 5.69 Å². The van der Waals surface area contributed by atoms with Gasteiger partial charge in [-0.15, -0.1) is 11.8 Å². The molecule has 0 unspecified atom stereocenters. The van der Waals surface area contributed by atoms with Crippen LogP contribution in [-0.2, 0) is 14.3 Å². The van der Waals surface area contributed by atoms with Crippen molar-refractivity contribution >= 4 is 29.3 Å². The summed E-state index contributed by atoms with van der Waals surface area (Å²) in [5.74, 6) is -0.0808. The average molecular weight is 343 g/mol. The van der Waals surface area contributed by atoms with Gasteiger partial charge in [0.2, 0.25) is 0 Å². The Morgan fingerprint density at radius 3 is 2.42 bits per heavy atom. The number of rotatable bonds is 7. The van der Waals surface area contributed by atoms with Crippen molar-refractivity contribution in [3.63, 3.8) is 0 Å². The summed E-state index contributed by atoms with van der Waals surface area (Å²) in [5, 5.41) is 2.73. The van der Waals surface area contributed by atoms with Gasteiger partial charge in [0, 0.05) is 16.3 Å². The maximum atomic E-state index is 12.0. The zero-order valence-corrected chi connectivity index (χ0v) is 14.6. The Morgan fingerprint density at radius 1 is 1.08 bits per heavy atom. The molecule has 1 amide bonds. The van der Waals surface area contributed by atoms with Gasteiger partial charge < -0.3 is 10.1 Å². The zero-order valence-electron chi connectivity index (χ0n) is 13.8. The molecule has 126 valence electrons. The van der Waals surface area contributed by atoms with Gasteiger partial charge in [0.25, 0.3) is 5.91 Å². The Labute approximate surface area is 146 Å². The molecular formula is C19H21NO3S. The minimum Gasteiger partial charge on any atom is -0.453 e. The summed E-state index contributed by atoms with van der Waals surface area (Å²) in [6, 6.07) is 17.3. The van der Waals surface area contributed by atoms with E-state index in [9.17, 15) is 9.59 Å². The summed E-state index contributed by atoms with van der Waals surface area (Å²) in [6.07, 6.45) is -0.553. The van der Waals surface area contributed by atoms with Crippen LogP contribution in [0.2, 0.25) is 0 Å². The van der Waals surface area contributed by atoms with Crippen molar-refractivity contribution in [1.82, 2.24) is 0 Å². The number of aryl methyl sites for hydroxylation is 1. The lowest BCUT2D eigenvalue weighted by atomic mass is 10.2. The summed E-state index contributed by atoms with van der Waals surface area (Å²) >= 11 is 1.59. The molecule has 2 rings (SSSR count). The largest absolute Gasteiger partial charge is 0.453 e. The highest BCUT2D eigenvalue weighted by molar-refractivity contribution is 7.99. The Morgan fingerprint density at radius 2 is 1.75 bits per heavy atom. The Balaban J connectivity index is 1.72. The van der Waals surface area contributed by atoms with Crippen molar-refractivity contribution in [2.45, 2.75) is 31.3 Å². The smallest absolute Gasteiger partial charge is 0.307 e. The molecule has 0 bridgehead atoms. The van der Waals surface area contributed by atoms with Gasteiger partial charge in [-0.05, 0) is 38.1 Å². The van der Waals surface area contributed by atoms with Gasteiger partial charge in [0.05, 0.1) is 6.42 Å². The maximum absolute atomic E-state index is 12.0. The number of benzene rings is 2. The van der Waals surface area contributed by atoms with E-state index in [1.54, 1.807) is 18.7 Å². The molecule has 0 saturated heterocycles. The van der Waals surface area contributed by atoms with E-state index in [1.165, 1.54) is 0 Å². The minimum atomic E-state index is -0.819. The first-order chi connectivity index (χ1) is 11.5. The first-order valence-corrected chi connectivity index (χ1v) is 8.78. The third-order valence-corrected chi connectivity index (χ3v) is 4.33. The van der Waals surface area contributed by atoms with E-state index in [0.717, 1.165) is 10.5 Å². The number of nitrogens with one attached hydrogen (secondary N) is 1.